The van der Waals surface area contributed by atoms with Crippen molar-refractivity contribution in [2.24, 2.45) is 5.92 Å². The van der Waals surface area contributed by atoms with E-state index in [-0.39, 0.29) is 11.9 Å². The van der Waals surface area contributed by atoms with Crippen molar-refractivity contribution in [3.05, 3.63) is 17.0 Å². The molecule has 0 saturated heterocycles. The number of nitrogens with zero attached hydrogens (tertiary/aromatic N) is 2. The van der Waals surface area contributed by atoms with Crippen LogP contribution in [-0.4, -0.2) is 16.0 Å². The zero-order valence-electron chi connectivity index (χ0n) is 9.76. The molecule has 0 bridgehead atoms. The Labute approximate surface area is 108 Å². The van der Waals surface area contributed by atoms with Gasteiger partial charge in [-0.05, 0) is 30.9 Å². The molecule has 0 amide bonds. The Balaban J connectivity index is 2.09. The van der Waals surface area contributed by atoms with Crippen LogP contribution in [0.5, 0.6) is 0 Å². The molecule has 18 heavy (non-hydrogen) atoms. The molecule has 100 valence electrons. The maximum Gasteiger partial charge on any atom is 0.433 e. The average molecular weight is 280 g/mol. The molecule has 1 aliphatic carbocycles. The van der Waals surface area contributed by atoms with Crippen LogP contribution < -0.4 is 5.32 Å². The third-order valence-electron chi connectivity index (χ3n) is 2.77. The van der Waals surface area contributed by atoms with E-state index in [0.717, 1.165) is 12.5 Å². The van der Waals surface area contributed by atoms with E-state index in [9.17, 15) is 13.2 Å². The molecule has 0 radical (unpaired) electrons. The van der Waals surface area contributed by atoms with Crippen LogP contribution in [0.15, 0.2) is 6.07 Å². The van der Waals surface area contributed by atoms with Gasteiger partial charge in [0.1, 0.15) is 5.82 Å². The molecule has 1 aromatic heterocycles. The number of alkyl halides is 3. The van der Waals surface area contributed by atoms with Crippen molar-refractivity contribution in [1.29, 1.82) is 0 Å². The van der Waals surface area contributed by atoms with Crippen molar-refractivity contribution in [2.45, 2.75) is 38.4 Å². The van der Waals surface area contributed by atoms with Crippen LogP contribution in [0.3, 0.4) is 0 Å². The first kappa shape index (κ1) is 13.4. The van der Waals surface area contributed by atoms with Gasteiger partial charge in [-0.1, -0.05) is 12.8 Å². The summed E-state index contributed by atoms with van der Waals surface area (Å²) in [4.78, 5) is 6.93. The number of hydrogen-bond acceptors (Lipinski definition) is 3. The van der Waals surface area contributed by atoms with Gasteiger partial charge in [0.2, 0.25) is 5.28 Å². The Kier molecular flexibility index (Phi) is 3.66. The highest BCUT2D eigenvalue weighted by atomic mass is 35.5. The highest BCUT2D eigenvalue weighted by molar-refractivity contribution is 6.28. The minimum absolute atomic E-state index is 0.0737. The largest absolute Gasteiger partial charge is 0.433 e. The van der Waals surface area contributed by atoms with Gasteiger partial charge in [-0.2, -0.15) is 13.2 Å². The minimum atomic E-state index is -4.51. The lowest BCUT2D eigenvalue weighted by molar-refractivity contribution is -0.141. The van der Waals surface area contributed by atoms with E-state index >= 15 is 0 Å². The molecule has 1 fully saturated rings. The first-order valence-electron chi connectivity index (χ1n) is 5.73. The smallest absolute Gasteiger partial charge is 0.367 e. The van der Waals surface area contributed by atoms with Gasteiger partial charge < -0.3 is 5.32 Å². The van der Waals surface area contributed by atoms with E-state index in [4.69, 9.17) is 11.6 Å². The van der Waals surface area contributed by atoms with Crippen LogP contribution in [0.2, 0.25) is 5.28 Å². The highest BCUT2D eigenvalue weighted by Crippen LogP contribution is 2.34. The van der Waals surface area contributed by atoms with Crippen LogP contribution in [0.25, 0.3) is 0 Å². The van der Waals surface area contributed by atoms with E-state index in [1.165, 1.54) is 12.8 Å². The number of nitrogens with one attached hydrogen (secondary N) is 1. The second kappa shape index (κ2) is 4.91. The summed E-state index contributed by atoms with van der Waals surface area (Å²) in [7, 11) is 0. The number of halogens is 4. The standard InChI is InChI=1S/C11H13ClF3N3/c1-6(4-7-2-3-7)16-9-5-8(11(13,14)15)17-10(12)18-9/h5-7H,2-4H2,1H3,(H,16,17,18). The Hall–Kier alpha value is -1.04. The van der Waals surface area contributed by atoms with E-state index in [1.54, 1.807) is 0 Å². The summed E-state index contributed by atoms with van der Waals surface area (Å²) in [6.45, 7) is 1.92. The maximum atomic E-state index is 12.5. The third-order valence-corrected chi connectivity index (χ3v) is 2.94. The van der Waals surface area contributed by atoms with Gasteiger partial charge in [-0.15, -0.1) is 0 Å². The first-order valence-corrected chi connectivity index (χ1v) is 6.10. The number of anilines is 1. The van der Waals surface area contributed by atoms with Crippen molar-refractivity contribution >= 4 is 17.4 Å². The molecule has 0 aromatic carbocycles. The van der Waals surface area contributed by atoms with Crippen LogP contribution in [-0.2, 0) is 6.18 Å². The van der Waals surface area contributed by atoms with Crippen LogP contribution >= 0.6 is 11.6 Å². The summed E-state index contributed by atoms with van der Waals surface area (Å²) >= 11 is 5.50. The van der Waals surface area contributed by atoms with Gasteiger partial charge in [0.15, 0.2) is 5.69 Å². The summed E-state index contributed by atoms with van der Waals surface area (Å²) < 4.78 is 37.6. The van der Waals surface area contributed by atoms with Gasteiger partial charge in [-0.25, -0.2) is 9.97 Å². The zero-order valence-corrected chi connectivity index (χ0v) is 10.5. The zero-order chi connectivity index (χ0) is 13.3. The Bertz CT molecular complexity index is 432. The molecular weight excluding hydrogens is 267 g/mol. The molecule has 1 heterocycles. The third kappa shape index (κ3) is 3.73. The van der Waals surface area contributed by atoms with Crippen molar-refractivity contribution in [3.8, 4) is 0 Å². The maximum absolute atomic E-state index is 12.5. The molecule has 1 unspecified atom stereocenters. The molecule has 2 rings (SSSR count). The Morgan fingerprint density at radius 1 is 1.44 bits per heavy atom. The van der Waals surface area contributed by atoms with Crippen molar-refractivity contribution in [3.63, 3.8) is 0 Å². The SMILES string of the molecule is CC(CC1CC1)Nc1cc(C(F)(F)F)nc(Cl)n1. The number of aromatic nitrogens is 2. The molecule has 7 heteroatoms. The predicted octanol–water partition coefficient (Wildman–Crippen LogP) is 3.75. The lowest BCUT2D eigenvalue weighted by Crippen LogP contribution is -2.18. The lowest BCUT2D eigenvalue weighted by Gasteiger charge is -2.15. The fourth-order valence-electron chi connectivity index (χ4n) is 1.80. The van der Waals surface area contributed by atoms with Crippen LogP contribution in [0.4, 0.5) is 19.0 Å². The van der Waals surface area contributed by atoms with Gasteiger partial charge in [0, 0.05) is 12.1 Å². The summed E-state index contributed by atoms with van der Waals surface area (Å²) in [6.07, 6.45) is -1.18. The fourth-order valence-corrected chi connectivity index (χ4v) is 1.98. The fraction of sp³-hybridized carbons (Fsp3) is 0.636. The summed E-state index contributed by atoms with van der Waals surface area (Å²) in [5.41, 5.74) is -1.02. The predicted molar refractivity (Wildman–Crippen MR) is 62.5 cm³/mol. The topological polar surface area (TPSA) is 37.8 Å². The monoisotopic (exact) mass is 279 g/mol. The van der Waals surface area contributed by atoms with E-state index in [2.05, 4.69) is 15.3 Å². The molecule has 1 aromatic rings. The van der Waals surface area contributed by atoms with Gasteiger partial charge >= 0.3 is 6.18 Å². The quantitative estimate of drug-likeness (QED) is 0.853. The first-order chi connectivity index (χ1) is 8.34. The van der Waals surface area contributed by atoms with E-state index < -0.39 is 17.2 Å². The molecule has 3 nitrogen and oxygen atoms in total. The van der Waals surface area contributed by atoms with Gasteiger partial charge in [-0.3, -0.25) is 0 Å². The second-order valence-electron chi connectivity index (χ2n) is 4.63. The van der Waals surface area contributed by atoms with Gasteiger partial charge in [0.05, 0.1) is 0 Å². The van der Waals surface area contributed by atoms with Crippen molar-refractivity contribution < 1.29 is 13.2 Å². The Morgan fingerprint density at radius 2 is 2.11 bits per heavy atom. The molecule has 1 aliphatic rings. The van der Waals surface area contributed by atoms with Crippen molar-refractivity contribution in [2.75, 3.05) is 5.32 Å². The Morgan fingerprint density at radius 3 is 2.67 bits per heavy atom. The van der Waals surface area contributed by atoms with Crippen molar-refractivity contribution in [1.82, 2.24) is 9.97 Å². The number of hydrogen-bond donors (Lipinski definition) is 1. The summed E-state index contributed by atoms with van der Waals surface area (Å²) in [6, 6.07) is 0.958. The second-order valence-corrected chi connectivity index (χ2v) is 4.97. The van der Waals surface area contributed by atoms with E-state index in [1.807, 2.05) is 6.92 Å². The lowest BCUT2D eigenvalue weighted by atomic mass is 10.1. The van der Waals surface area contributed by atoms with Crippen LogP contribution in [0, 0.1) is 5.92 Å². The molecular formula is C11H13ClF3N3. The molecule has 1 N–H and O–H groups in total. The normalized spacial score (nSPS) is 17.6. The molecule has 0 spiro atoms. The number of rotatable bonds is 4. The highest BCUT2D eigenvalue weighted by Gasteiger charge is 2.33. The molecule has 1 saturated carbocycles. The summed E-state index contributed by atoms with van der Waals surface area (Å²) in [5, 5.41) is 2.53. The van der Waals surface area contributed by atoms with Gasteiger partial charge in [0.25, 0.3) is 0 Å². The average Bonchev–Trinajstić information content (AvgIpc) is 2.98. The molecule has 0 aliphatic heterocycles. The van der Waals surface area contributed by atoms with Crippen LogP contribution in [0.1, 0.15) is 31.9 Å². The van der Waals surface area contributed by atoms with E-state index in [0.29, 0.717) is 5.92 Å². The minimum Gasteiger partial charge on any atom is -0.367 e. The summed E-state index contributed by atoms with van der Waals surface area (Å²) in [5.74, 6) is 0.808. The molecule has 1 atom stereocenters.